The number of carbonyl (C=O) groups is 1. The molecule has 2 aliphatic rings. The van der Waals surface area contributed by atoms with Gasteiger partial charge in [0.2, 0.25) is 10.0 Å². The topological polar surface area (TPSA) is 97.0 Å². The SMILES string of the molecule is CC[C@@H]1CN(S(=O)(=O)c2c[nH]c(C(=O)N3CCCC3)c2)CCN1C[C@H](C)O. The van der Waals surface area contributed by atoms with Gasteiger partial charge in [0, 0.05) is 51.5 Å². The predicted octanol–water partition coefficient (Wildman–Crippen LogP) is 0.716. The molecular formula is C18H30N4O4S. The maximum absolute atomic E-state index is 13.0. The largest absolute Gasteiger partial charge is 0.392 e. The second kappa shape index (κ2) is 8.30. The number of H-pyrrole nitrogens is 1. The number of rotatable bonds is 6. The van der Waals surface area contributed by atoms with E-state index in [0.717, 1.165) is 32.4 Å². The third kappa shape index (κ3) is 4.37. The van der Waals surface area contributed by atoms with Crippen LogP contribution in [0, 0.1) is 0 Å². The fourth-order valence-electron chi connectivity index (χ4n) is 3.94. The molecule has 2 N–H and O–H groups in total. The van der Waals surface area contributed by atoms with Gasteiger partial charge in [0.25, 0.3) is 5.91 Å². The summed E-state index contributed by atoms with van der Waals surface area (Å²) < 4.78 is 27.6. The summed E-state index contributed by atoms with van der Waals surface area (Å²) in [6.45, 7) is 7.14. The van der Waals surface area contributed by atoms with Gasteiger partial charge in [-0.15, -0.1) is 0 Å². The molecule has 3 heterocycles. The number of carbonyl (C=O) groups excluding carboxylic acids is 1. The van der Waals surface area contributed by atoms with Crippen molar-refractivity contribution in [2.75, 3.05) is 39.3 Å². The molecule has 1 aromatic rings. The molecule has 9 heteroatoms. The Balaban J connectivity index is 1.72. The van der Waals surface area contributed by atoms with Gasteiger partial charge in [-0.1, -0.05) is 6.92 Å². The van der Waals surface area contributed by atoms with Crippen molar-refractivity contribution in [3.05, 3.63) is 18.0 Å². The zero-order chi connectivity index (χ0) is 19.6. The molecule has 2 saturated heterocycles. The fraction of sp³-hybridized carbons (Fsp3) is 0.722. The van der Waals surface area contributed by atoms with Gasteiger partial charge in [0.05, 0.1) is 6.10 Å². The number of nitrogens with zero attached hydrogens (tertiary/aromatic N) is 3. The second-order valence-corrected chi connectivity index (χ2v) is 9.46. The van der Waals surface area contributed by atoms with Crippen LogP contribution in [0.5, 0.6) is 0 Å². The number of aromatic amines is 1. The number of piperazine rings is 1. The zero-order valence-corrected chi connectivity index (χ0v) is 16.9. The lowest BCUT2D eigenvalue weighted by Crippen LogP contribution is -2.55. The van der Waals surface area contributed by atoms with E-state index >= 15 is 0 Å². The summed E-state index contributed by atoms with van der Waals surface area (Å²) in [5.41, 5.74) is 0.329. The van der Waals surface area contributed by atoms with Crippen LogP contribution in [0.1, 0.15) is 43.6 Å². The third-order valence-corrected chi connectivity index (χ3v) is 7.30. The summed E-state index contributed by atoms with van der Waals surface area (Å²) in [6.07, 6.45) is 3.78. The minimum absolute atomic E-state index is 0.0766. The molecule has 0 aromatic carbocycles. The van der Waals surface area contributed by atoms with E-state index in [-0.39, 0.29) is 16.8 Å². The first-order valence-corrected chi connectivity index (χ1v) is 11.2. The Morgan fingerprint density at radius 3 is 2.63 bits per heavy atom. The summed E-state index contributed by atoms with van der Waals surface area (Å²) >= 11 is 0. The number of hydrogen-bond donors (Lipinski definition) is 2. The number of aliphatic hydroxyl groups excluding tert-OH is 1. The van der Waals surface area contributed by atoms with Crippen molar-refractivity contribution >= 4 is 15.9 Å². The number of sulfonamides is 1. The highest BCUT2D eigenvalue weighted by Crippen LogP contribution is 2.23. The van der Waals surface area contributed by atoms with Gasteiger partial charge in [0.15, 0.2) is 0 Å². The lowest BCUT2D eigenvalue weighted by molar-refractivity contribution is 0.0613. The Labute approximate surface area is 161 Å². The molecule has 0 radical (unpaired) electrons. The Hall–Kier alpha value is -1.42. The van der Waals surface area contributed by atoms with Crippen LogP contribution >= 0.6 is 0 Å². The lowest BCUT2D eigenvalue weighted by atomic mass is 10.1. The number of likely N-dealkylation sites (tertiary alicyclic amines) is 1. The van der Waals surface area contributed by atoms with Gasteiger partial charge in [-0.3, -0.25) is 9.69 Å². The van der Waals surface area contributed by atoms with Crippen LogP contribution in [0.2, 0.25) is 0 Å². The van der Waals surface area contributed by atoms with Crippen LogP contribution < -0.4 is 0 Å². The molecule has 0 unspecified atom stereocenters. The monoisotopic (exact) mass is 398 g/mol. The molecule has 27 heavy (non-hydrogen) atoms. The molecule has 2 fully saturated rings. The first-order valence-electron chi connectivity index (χ1n) is 9.73. The van der Waals surface area contributed by atoms with Crippen molar-refractivity contribution in [3.8, 4) is 0 Å². The van der Waals surface area contributed by atoms with Gasteiger partial charge in [0.1, 0.15) is 10.6 Å². The van der Waals surface area contributed by atoms with E-state index in [1.165, 1.54) is 16.6 Å². The Morgan fingerprint density at radius 2 is 2.00 bits per heavy atom. The summed E-state index contributed by atoms with van der Waals surface area (Å²) in [4.78, 5) is 19.4. The van der Waals surface area contributed by atoms with E-state index in [1.54, 1.807) is 11.8 Å². The molecule has 0 aliphatic carbocycles. The molecule has 3 rings (SSSR count). The highest BCUT2D eigenvalue weighted by Gasteiger charge is 2.34. The number of aromatic nitrogens is 1. The molecular weight excluding hydrogens is 368 g/mol. The van der Waals surface area contributed by atoms with Gasteiger partial charge in [-0.25, -0.2) is 8.42 Å². The summed E-state index contributed by atoms with van der Waals surface area (Å²) in [7, 11) is -3.65. The summed E-state index contributed by atoms with van der Waals surface area (Å²) in [6, 6.07) is 1.53. The van der Waals surface area contributed by atoms with E-state index in [0.29, 0.717) is 31.9 Å². The van der Waals surface area contributed by atoms with E-state index in [1.807, 2.05) is 6.92 Å². The van der Waals surface area contributed by atoms with Crippen molar-refractivity contribution in [1.29, 1.82) is 0 Å². The van der Waals surface area contributed by atoms with Crippen molar-refractivity contribution in [1.82, 2.24) is 19.1 Å². The molecule has 2 aliphatic heterocycles. The molecule has 0 saturated carbocycles. The quantitative estimate of drug-likeness (QED) is 0.736. The van der Waals surface area contributed by atoms with E-state index in [2.05, 4.69) is 9.88 Å². The van der Waals surface area contributed by atoms with Crippen LogP contribution in [0.15, 0.2) is 17.2 Å². The van der Waals surface area contributed by atoms with Crippen molar-refractivity contribution in [2.24, 2.45) is 0 Å². The average molecular weight is 399 g/mol. The molecule has 0 bridgehead atoms. The molecule has 1 aromatic heterocycles. The number of aliphatic hydroxyl groups is 1. The van der Waals surface area contributed by atoms with E-state index < -0.39 is 16.1 Å². The second-order valence-electron chi connectivity index (χ2n) is 7.52. The predicted molar refractivity (Wildman–Crippen MR) is 102 cm³/mol. The number of β-amino-alcohol motifs (C(OH)–C–C–N with tert-alkyl or cyclic N) is 1. The zero-order valence-electron chi connectivity index (χ0n) is 16.1. The Bertz CT molecular complexity index is 755. The number of hydrogen-bond acceptors (Lipinski definition) is 5. The highest BCUT2D eigenvalue weighted by molar-refractivity contribution is 7.89. The van der Waals surface area contributed by atoms with Crippen molar-refractivity contribution in [3.63, 3.8) is 0 Å². The Kier molecular flexibility index (Phi) is 6.25. The molecule has 8 nitrogen and oxygen atoms in total. The van der Waals surface area contributed by atoms with Crippen LogP contribution in [0.4, 0.5) is 0 Å². The number of amides is 1. The highest BCUT2D eigenvalue weighted by atomic mass is 32.2. The van der Waals surface area contributed by atoms with E-state index in [4.69, 9.17) is 0 Å². The van der Waals surface area contributed by atoms with Gasteiger partial charge in [-0.2, -0.15) is 4.31 Å². The third-order valence-electron chi connectivity index (χ3n) is 5.46. The maximum atomic E-state index is 13.0. The van der Waals surface area contributed by atoms with Gasteiger partial charge >= 0.3 is 0 Å². The molecule has 152 valence electrons. The molecule has 2 atom stereocenters. The standard InChI is InChI=1S/C18H30N4O4S/c1-3-15-13-22(9-8-21(15)12-14(2)23)27(25,26)16-10-17(19-11-16)18(24)20-6-4-5-7-20/h10-11,14-15,19,23H,3-9,12-13H2,1-2H3/t14-,15+/m0/s1. The minimum Gasteiger partial charge on any atom is -0.392 e. The smallest absolute Gasteiger partial charge is 0.270 e. The van der Waals surface area contributed by atoms with Crippen LogP contribution in [0.3, 0.4) is 0 Å². The first-order chi connectivity index (χ1) is 12.8. The van der Waals surface area contributed by atoms with E-state index in [9.17, 15) is 18.3 Å². The Morgan fingerprint density at radius 1 is 1.30 bits per heavy atom. The van der Waals surface area contributed by atoms with Gasteiger partial charge in [-0.05, 0) is 32.3 Å². The molecule has 1 amide bonds. The van der Waals surface area contributed by atoms with Crippen LogP contribution in [0.25, 0.3) is 0 Å². The maximum Gasteiger partial charge on any atom is 0.270 e. The average Bonchev–Trinajstić information content (AvgIpc) is 3.33. The minimum atomic E-state index is -3.65. The van der Waals surface area contributed by atoms with Crippen LogP contribution in [-0.4, -0.2) is 89.9 Å². The van der Waals surface area contributed by atoms with Crippen molar-refractivity contribution in [2.45, 2.75) is 50.2 Å². The normalized spacial score (nSPS) is 23.7. The van der Waals surface area contributed by atoms with Gasteiger partial charge < -0.3 is 15.0 Å². The number of nitrogens with one attached hydrogen (secondary N) is 1. The van der Waals surface area contributed by atoms with Crippen molar-refractivity contribution < 1.29 is 18.3 Å². The molecule has 0 spiro atoms. The summed E-state index contributed by atoms with van der Waals surface area (Å²) in [5.74, 6) is -0.137. The fourth-order valence-corrected chi connectivity index (χ4v) is 5.40. The summed E-state index contributed by atoms with van der Waals surface area (Å²) in [5, 5.41) is 9.65. The first kappa shape index (κ1) is 20.3. The lowest BCUT2D eigenvalue weighted by Gasteiger charge is -2.40. The van der Waals surface area contributed by atoms with Crippen LogP contribution in [-0.2, 0) is 10.0 Å².